The molecule has 10 atom stereocenters. The van der Waals surface area contributed by atoms with Crippen LogP contribution in [0.15, 0.2) is 11.6 Å². The van der Waals surface area contributed by atoms with Crippen molar-refractivity contribution in [1.82, 2.24) is 4.90 Å². The molecule has 0 aromatic heterocycles. The van der Waals surface area contributed by atoms with Gasteiger partial charge in [-0.3, -0.25) is 9.59 Å². The zero-order valence-corrected chi connectivity index (χ0v) is 33.7. The van der Waals surface area contributed by atoms with Gasteiger partial charge >= 0.3 is 5.97 Å². The van der Waals surface area contributed by atoms with E-state index in [1.165, 1.54) is 70.6 Å². The number of hydrogen-bond acceptors (Lipinski definition) is 5. The molecule has 0 saturated heterocycles. The van der Waals surface area contributed by atoms with E-state index in [0.29, 0.717) is 12.0 Å². The van der Waals surface area contributed by atoms with Crippen molar-refractivity contribution in [2.75, 3.05) is 13.1 Å². The highest BCUT2D eigenvalue weighted by Crippen LogP contribution is 2.67. The molecule has 4 rings (SSSR count). The monoisotopic (exact) mass is 698 g/mol. The minimum atomic E-state index is -0.213. The Kier molecular flexibility index (Phi) is 15.8. The maximum Gasteiger partial charge on any atom is 0.306 e. The number of nitrogens with two attached hydrogens (primary N) is 2. The summed E-state index contributed by atoms with van der Waals surface area (Å²) >= 11 is 0. The number of amides is 1. The van der Waals surface area contributed by atoms with E-state index in [9.17, 15) is 9.59 Å². The van der Waals surface area contributed by atoms with Crippen LogP contribution in [0.5, 0.6) is 0 Å². The molecule has 0 bridgehead atoms. The number of esters is 1. The van der Waals surface area contributed by atoms with Gasteiger partial charge in [0.2, 0.25) is 5.91 Å². The van der Waals surface area contributed by atoms with E-state index >= 15 is 0 Å². The van der Waals surface area contributed by atoms with E-state index in [4.69, 9.17) is 16.2 Å². The molecule has 0 heterocycles. The van der Waals surface area contributed by atoms with Crippen molar-refractivity contribution >= 4 is 11.9 Å². The van der Waals surface area contributed by atoms with Gasteiger partial charge in [0.25, 0.3) is 0 Å². The molecule has 288 valence electrons. The average Bonchev–Trinajstić information content (AvgIpc) is 3.41. The summed E-state index contributed by atoms with van der Waals surface area (Å²) in [6, 6.07) is 0.325. The Balaban J connectivity index is 1.25. The smallest absolute Gasteiger partial charge is 0.306 e. The SMILES string of the molecule is CC(C)CCC[C@@H](C)C1CC[C@H]2[C@@H]3CC=C4C[C@@H](OC(=O)CCC(=O)N(CCCCCCCC(C)N)CCC(C)N)CC[C@]4(C)[C@H]3CC[C@]12C. The van der Waals surface area contributed by atoms with Crippen molar-refractivity contribution in [3.8, 4) is 0 Å². The predicted molar refractivity (Wildman–Crippen MR) is 208 cm³/mol. The van der Waals surface area contributed by atoms with E-state index < -0.39 is 0 Å². The van der Waals surface area contributed by atoms with Crippen LogP contribution in [-0.4, -0.2) is 48.1 Å². The van der Waals surface area contributed by atoms with Crippen LogP contribution in [0.3, 0.4) is 0 Å². The first-order chi connectivity index (χ1) is 23.7. The second-order valence-corrected chi connectivity index (χ2v) is 18.8. The zero-order chi connectivity index (χ0) is 36.5. The third-order valence-corrected chi connectivity index (χ3v) is 14.4. The lowest BCUT2D eigenvalue weighted by atomic mass is 9.47. The van der Waals surface area contributed by atoms with E-state index in [0.717, 1.165) is 87.0 Å². The van der Waals surface area contributed by atoms with Crippen LogP contribution in [0.4, 0.5) is 0 Å². The highest BCUT2D eigenvalue weighted by Gasteiger charge is 2.59. The second kappa shape index (κ2) is 19.1. The van der Waals surface area contributed by atoms with E-state index in [1.54, 1.807) is 5.57 Å². The van der Waals surface area contributed by atoms with Gasteiger partial charge in [0.1, 0.15) is 6.10 Å². The summed E-state index contributed by atoms with van der Waals surface area (Å²) < 4.78 is 6.10. The van der Waals surface area contributed by atoms with Crippen molar-refractivity contribution in [3.05, 3.63) is 11.6 Å². The molecule has 3 saturated carbocycles. The quantitative estimate of drug-likeness (QED) is 0.0750. The molecule has 4 aliphatic carbocycles. The maximum absolute atomic E-state index is 13.2. The van der Waals surface area contributed by atoms with Crippen molar-refractivity contribution < 1.29 is 14.3 Å². The standard InChI is InChI=1S/C44H79N3O3/c1-31(2)14-13-15-32(3)38-19-20-39-37-18-17-35-30-36(23-26-43(35,6)40(37)24-27-44(38,39)7)50-42(49)22-21-41(48)47(29-25-34(5)46)28-12-10-8-9-11-16-33(4)45/h17,31-34,36-40H,8-16,18-30,45-46H2,1-7H3/t32-,33?,34?,36+,37+,38?,39+,40+,43+,44-/m1/s1. The molecule has 4 N–H and O–H groups in total. The van der Waals surface area contributed by atoms with Crippen LogP contribution < -0.4 is 11.5 Å². The zero-order valence-electron chi connectivity index (χ0n) is 33.7. The molecule has 0 aromatic carbocycles. The Bertz CT molecular complexity index is 1100. The fraction of sp³-hybridized carbons (Fsp3) is 0.909. The number of allylic oxidation sites excluding steroid dienone is 1. The molecule has 0 spiro atoms. The molecule has 6 heteroatoms. The van der Waals surface area contributed by atoms with Crippen LogP contribution in [-0.2, 0) is 14.3 Å². The number of ether oxygens (including phenoxy) is 1. The molecule has 1 amide bonds. The predicted octanol–water partition coefficient (Wildman–Crippen LogP) is 9.97. The van der Waals surface area contributed by atoms with Gasteiger partial charge in [-0.05, 0) is 124 Å². The number of rotatable bonds is 20. The van der Waals surface area contributed by atoms with Gasteiger partial charge in [-0.2, -0.15) is 0 Å². The minimum Gasteiger partial charge on any atom is -0.462 e. The number of nitrogens with zero attached hydrogens (tertiary/aromatic N) is 1. The van der Waals surface area contributed by atoms with Crippen LogP contribution in [0, 0.1) is 46.3 Å². The largest absolute Gasteiger partial charge is 0.462 e. The van der Waals surface area contributed by atoms with Gasteiger partial charge in [0.15, 0.2) is 0 Å². The van der Waals surface area contributed by atoms with Gasteiger partial charge in [-0.15, -0.1) is 0 Å². The Morgan fingerprint density at radius 1 is 0.800 bits per heavy atom. The van der Waals surface area contributed by atoms with Crippen LogP contribution in [0.2, 0.25) is 0 Å². The lowest BCUT2D eigenvalue weighted by Crippen LogP contribution is -2.51. The summed E-state index contributed by atoms with van der Waals surface area (Å²) in [5.74, 6) is 4.82. The first kappa shape index (κ1) is 41.4. The highest BCUT2D eigenvalue weighted by molar-refractivity contribution is 5.81. The summed E-state index contributed by atoms with van der Waals surface area (Å²) in [4.78, 5) is 28.3. The topological polar surface area (TPSA) is 98.7 Å². The van der Waals surface area contributed by atoms with E-state index in [-0.39, 0.29) is 48.3 Å². The van der Waals surface area contributed by atoms with E-state index in [1.807, 2.05) is 11.8 Å². The molecule has 50 heavy (non-hydrogen) atoms. The number of carbonyl (C=O) groups excluding carboxylic acids is 2. The maximum atomic E-state index is 13.2. The summed E-state index contributed by atoms with van der Waals surface area (Å²) in [5, 5.41) is 0. The fourth-order valence-electron chi connectivity index (χ4n) is 11.4. The Hall–Kier alpha value is -1.40. The third-order valence-electron chi connectivity index (χ3n) is 14.4. The van der Waals surface area contributed by atoms with Gasteiger partial charge in [0.05, 0.1) is 6.42 Å². The summed E-state index contributed by atoms with van der Waals surface area (Å²) in [7, 11) is 0. The molecule has 0 aromatic rings. The first-order valence-electron chi connectivity index (χ1n) is 21.4. The van der Waals surface area contributed by atoms with Crippen LogP contribution in [0.25, 0.3) is 0 Å². The first-order valence-corrected chi connectivity index (χ1v) is 21.4. The average molecular weight is 698 g/mol. The molecular weight excluding hydrogens is 619 g/mol. The third kappa shape index (κ3) is 10.8. The second-order valence-electron chi connectivity index (χ2n) is 18.8. The molecule has 3 fully saturated rings. The summed E-state index contributed by atoms with van der Waals surface area (Å²) in [6.45, 7) is 18.0. The van der Waals surface area contributed by atoms with Gasteiger partial charge in [0, 0.05) is 38.0 Å². The lowest BCUT2D eigenvalue weighted by molar-refractivity contribution is -0.153. The van der Waals surface area contributed by atoms with Crippen molar-refractivity contribution in [1.29, 1.82) is 0 Å². The van der Waals surface area contributed by atoms with Crippen molar-refractivity contribution in [2.24, 2.45) is 57.8 Å². The molecular formula is C44H79N3O3. The molecule has 0 aliphatic heterocycles. The van der Waals surface area contributed by atoms with Crippen LogP contribution in [0.1, 0.15) is 177 Å². The van der Waals surface area contributed by atoms with Crippen molar-refractivity contribution in [2.45, 2.75) is 195 Å². The lowest BCUT2D eigenvalue weighted by Gasteiger charge is -2.58. The fourth-order valence-corrected chi connectivity index (χ4v) is 11.4. The summed E-state index contributed by atoms with van der Waals surface area (Å²) in [5.41, 5.74) is 14.2. The molecule has 3 unspecified atom stereocenters. The van der Waals surface area contributed by atoms with Gasteiger partial charge < -0.3 is 21.1 Å². The Labute approximate surface area is 308 Å². The van der Waals surface area contributed by atoms with Gasteiger partial charge in [-0.1, -0.05) is 91.2 Å². The van der Waals surface area contributed by atoms with Crippen LogP contribution >= 0.6 is 0 Å². The normalized spacial score (nSPS) is 32.4. The van der Waals surface area contributed by atoms with Gasteiger partial charge in [-0.25, -0.2) is 0 Å². The Morgan fingerprint density at radius 3 is 2.24 bits per heavy atom. The number of carbonyl (C=O) groups is 2. The number of fused-ring (bicyclic) bond motifs is 5. The highest BCUT2D eigenvalue weighted by atomic mass is 16.5. The molecule has 4 aliphatic rings. The Morgan fingerprint density at radius 2 is 1.52 bits per heavy atom. The van der Waals surface area contributed by atoms with E-state index in [2.05, 4.69) is 47.6 Å². The molecule has 0 radical (unpaired) electrons. The minimum absolute atomic E-state index is 0.0520. The van der Waals surface area contributed by atoms with Crippen molar-refractivity contribution in [3.63, 3.8) is 0 Å². The number of unbranched alkanes of at least 4 members (excludes halogenated alkanes) is 4. The summed E-state index contributed by atoms with van der Waals surface area (Å²) in [6.07, 6.45) is 24.3. The number of hydrogen-bond donors (Lipinski definition) is 2. The molecule has 6 nitrogen and oxygen atoms in total.